The second-order valence-electron chi connectivity index (χ2n) is 5.33. The minimum atomic E-state index is 0.162. The van der Waals surface area contributed by atoms with Crippen LogP contribution in [-0.4, -0.2) is 28.7 Å². The molecule has 3 heteroatoms. The van der Waals surface area contributed by atoms with Crippen LogP contribution >= 0.6 is 15.9 Å². The van der Waals surface area contributed by atoms with Crippen LogP contribution in [0.4, 0.5) is 0 Å². The second kappa shape index (κ2) is 5.43. The van der Waals surface area contributed by atoms with Crippen molar-refractivity contribution in [3.63, 3.8) is 0 Å². The summed E-state index contributed by atoms with van der Waals surface area (Å²) in [6.07, 6.45) is 1.08. The molecule has 2 unspecified atom stereocenters. The minimum Gasteiger partial charge on any atom is -0.338 e. The van der Waals surface area contributed by atoms with Crippen molar-refractivity contribution in [1.29, 1.82) is 0 Å². The van der Waals surface area contributed by atoms with Gasteiger partial charge in [-0.1, -0.05) is 28.9 Å². The Labute approximate surface area is 117 Å². The van der Waals surface area contributed by atoms with Gasteiger partial charge >= 0.3 is 0 Å². The van der Waals surface area contributed by atoms with Gasteiger partial charge in [0.15, 0.2) is 0 Å². The van der Waals surface area contributed by atoms with Gasteiger partial charge in [-0.3, -0.25) is 4.79 Å². The quantitative estimate of drug-likeness (QED) is 0.727. The van der Waals surface area contributed by atoms with Crippen molar-refractivity contribution in [2.45, 2.75) is 32.0 Å². The lowest BCUT2D eigenvalue weighted by atomic mass is 9.98. The highest BCUT2D eigenvalue weighted by Gasteiger charge is 2.27. The molecule has 1 fully saturated rings. The first-order valence-electron chi connectivity index (χ1n) is 6.49. The van der Waals surface area contributed by atoms with Gasteiger partial charge in [0.05, 0.1) is 0 Å². The van der Waals surface area contributed by atoms with Crippen molar-refractivity contribution < 1.29 is 4.79 Å². The zero-order valence-corrected chi connectivity index (χ0v) is 12.8. The summed E-state index contributed by atoms with van der Waals surface area (Å²) in [4.78, 5) is 14.8. The predicted molar refractivity (Wildman–Crippen MR) is 78.3 cm³/mol. The van der Waals surface area contributed by atoms with Crippen LogP contribution in [0.15, 0.2) is 18.2 Å². The van der Waals surface area contributed by atoms with E-state index < -0.39 is 0 Å². The number of likely N-dealkylation sites (tertiary alicyclic amines) is 1. The van der Waals surface area contributed by atoms with Crippen molar-refractivity contribution in [3.05, 3.63) is 34.9 Å². The molecule has 1 amide bonds. The van der Waals surface area contributed by atoms with Gasteiger partial charge in [0.1, 0.15) is 0 Å². The van der Waals surface area contributed by atoms with Gasteiger partial charge < -0.3 is 4.90 Å². The van der Waals surface area contributed by atoms with Crippen LogP contribution in [0.5, 0.6) is 0 Å². The summed E-state index contributed by atoms with van der Waals surface area (Å²) in [5.41, 5.74) is 3.23. The van der Waals surface area contributed by atoms with Crippen molar-refractivity contribution in [1.82, 2.24) is 4.90 Å². The lowest BCUT2D eigenvalue weighted by molar-refractivity contribution is 0.0706. The molecule has 1 aromatic carbocycles. The molecule has 0 radical (unpaired) electrons. The molecule has 0 saturated carbocycles. The molecule has 0 aliphatic carbocycles. The van der Waals surface area contributed by atoms with E-state index >= 15 is 0 Å². The Kier molecular flexibility index (Phi) is 4.10. The molecule has 1 heterocycles. The van der Waals surface area contributed by atoms with E-state index in [-0.39, 0.29) is 5.91 Å². The SMILES string of the molecule is Cc1ccc(C(=O)N2CCC(C)C(Br)C2)cc1C. The van der Waals surface area contributed by atoms with Crippen molar-refractivity contribution in [2.75, 3.05) is 13.1 Å². The fourth-order valence-electron chi connectivity index (χ4n) is 2.26. The van der Waals surface area contributed by atoms with E-state index in [1.165, 1.54) is 11.1 Å². The van der Waals surface area contributed by atoms with Gasteiger partial charge in [-0.15, -0.1) is 0 Å². The number of piperidine rings is 1. The number of halogens is 1. The van der Waals surface area contributed by atoms with E-state index in [4.69, 9.17) is 0 Å². The van der Waals surface area contributed by atoms with E-state index in [9.17, 15) is 4.79 Å². The molecule has 0 bridgehead atoms. The number of amides is 1. The average Bonchev–Trinajstić information content (AvgIpc) is 2.35. The summed E-state index contributed by atoms with van der Waals surface area (Å²) in [5, 5.41) is 0. The Morgan fingerprint density at radius 3 is 2.67 bits per heavy atom. The second-order valence-corrected chi connectivity index (χ2v) is 6.51. The molecular weight excluding hydrogens is 290 g/mol. The molecular formula is C15H20BrNO. The number of carbonyl (C=O) groups excluding carboxylic acids is 1. The standard InChI is InChI=1S/C15H20BrNO/c1-10-4-5-13(8-12(10)3)15(18)17-7-6-11(2)14(16)9-17/h4-5,8,11,14H,6-7,9H2,1-3H3. The number of benzene rings is 1. The Balaban J connectivity index is 2.14. The Morgan fingerprint density at radius 2 is 2.06 bits per heavy atom. The number of nitrogens with zero attached hydrogens (tertiary/aromatic N) is 1. The third-order valence-electron chi connectivity index (χ3n) is 3.91. The van der Waals surface area contributed by atoms with Crippen LogP contribution in [-0.2, 0) is 0 Å². The summed E-state index contributed by atoms with van der Waals surface area (Å²) in [6.45, 7) is 8.04. The third-order valence-corrected chi connectivity index (χ3v) is 5.10. The first kappa shape index (κ1) is 13.6. The van der Waals surface area contributed by atoms with Crippen LogP contribution in [0.1, 0.15) is 34.8 Å². The van der Waals surface area contributed by atoms with Gasteiger partial charge in [-0.25, -0.2) is 0 Å². The summed E-state index contributed by atoms with van der Waals surface area (Å²) >= 11 is 3.67. The molecule has 98 valence electrons. The first-order valence-corrected chi connectivity index (χ1v) is 7.41. The molecule has 2 atom stereocenters. The molecule has 1 aromatic rings. The van der Waals surface area contributed by atoms with Crippen LogP contribution in [0.25, 0.3) is 0 Å². The van der Waals surface area contributed by atoms with Crippen LogP contribution < -0.4 is 0 Å². The number of hydrogen-bond acceptors (Lipinski definition) is 1. The summed E-state index contributed by atoms with van der Waals surface area (Å²) in [7, 11) is 0. The van der Waals surface area contributed by atoms with E-state index in [1.54, 1.807) is 0 Å². The molecule has 0 spiro atoms. The normalized spacial score (nSPS) is 24.1. The van der Waals surface area contributed by atoms with E-state index in [2.05, 4.69) is 36.7 Å². The lowest BCUT2D eigenvalue weighted by Gasteiger charge is -2.34. The Morgan fingerprint density at radius 1 is 1.33 bits per heavy atom. The lowest BCUT2D eigenvalue weighted by Crippen LogP contribution is -2.43. The number of carbonyl (C=O) groups is 1. The molecule has 18 heavy (non-hydrogen) atoms. The maximum atomic E-state index is 12.4. The Hall–Kier alpha value is -0.830. The predicted octanol–water partition coefficient (Wildman–Crippen LogP) is 3.55. The van der Waals surface area contributed by atoms with Gasteiger partial charge in [0, 0.05) is 23.5 Å². The largest absolute Gasteiger partial charge is 0.338 e. The van der Waals surface area contributed by atoms with Gasteiger partial charge in [-0.05, 0) is 49.4 Å². The fourth-order valence-corrected chi connectivity index (χ4v) is 2.88. The molecule has 2 rings (SSSR count). The number of aryl methyl sites for hydroxylation is 2. The van der Waals surface area contributed by atoms with Gasteiger partial charge in [-0.2, -0.15) is 0 Å². The van der Waals surface area contributed by atoms with Crippen molar-refractivity contribution in [3.8, 4) is 0 Å². The fraction of sp³-hybridized carbons (Fsp3) is 0.533. The van der Waals surface area contributed by atoms with E-state index in [1.807, 2.05) is 23.1 Å². The molecule has 0 N–H and O–H groups in total. The smallest absolute Gasteiger partial charge is 0.253 e. The highest BCUT2D eigenvalue weighted by atomic mass is 79.9. The molecule has 1 aliphatic rings. The van der Waals surface area contributed by atoms with Crippen molar-refractivity contribution in [2.24, 2.45) is 5.92 Å². The molecule has 2 nitrogen and oxygen atoms in total. The van der Waals surface area contributed by atoms with Gasteiger partial charge in [0.25, 0.3) is 5.91 Å². The van der Waals surface area contributed by atoms with Crippen molar-refractivity contribution >= 4 is 21.8 Å². The average molecular weight is 310 g/mol. The number of alkyl halides is 1. The third kappa shape index (κ3) is 2.77. The molecule has 0 aromatic heterocycles. The van der Waals surface area contributed by atoms with Gasteiger partial charge in [0.2, 0.25) is 0 Å². The maximum Gasteiger partial charge on any atom is 0.253 e. The van der Waals surface area contributed by atoms with E-state index in [0.717, 1.165) is 25.1 Å². The highest BCUT2D eigenvalue weighted by molar-refractivity contribution is 9.09. The zero-order valence-electron chi connectivity index (χ0n) is 11.2. The zero-order chi connectivity index (χ0) is 13.3. The summed E-state index contributed by atoms with van der Waals surface area (Å²) in [5.74, 6) is 0.809. The van der Waals surface area contributed by atoms with Crippen LogP contribution in [0.2, 0.25) is 0 Å². The monoisotopic (exact) mass is 309 g/mol. The molecule has 1 aliphatic heterocycles. The molecule has 1 saturated heterocycles. The van der Waals surface area contributed by atoms with E-state index in [0.29, 0.717) is 10.7 Å². The topological polar surface area (TPSA) is 20.3 Å². The minimum absolute atomic E-state index is 0.162. The van der Waals surface area contributed by atoms with Crippen LogP contribution in [0.3, 0.4) is 0 Å². The summed E-state index contributed by atoms with van der Waals surface area (Å²) < 4.78 is 0. The number of rotatable bonds is 1. The number of hydrogen-bond donors (Lipinski definition) is 0. The maximum absolute atomic E-state index is 12.4. The Bertz CT molecular complexity index is 458. The first-order chi connectivity index (χ1) is 8.49. The summed E-state index contributed by atoms with van der Waals surface area (Å²) in [6, 6.07) is 5.96. The van der Waals surface area contributed by atoms with Crippen LogP contribution in [0, 0.1) is 19.8 Å². The highest BCUT2D eigenvalue weighted by Crippen LogP contribution is 2.24.